The molecule has 1 saturated heterocycles. The maximum absolute atomic E-state index is 11.4. The molecule has 1 heterocycles. The van der Waals surface area contributed by atoms with Crippen LogP contribution in [0.1, 0.15) is 33.6 Å². The maximum atomic E-state index is 11.4. The van der Waals surface area contributed by atoms with Gasteiger partial charge < -0.3 is 23.7 Å². The topological polar surface area (TPSA) is 97.4 Å². The lowest BCUT2D eigenvalue weighted by Crippen LogP contribution is -2.58. The predicted molar refractivity (Wildman–Crippen MR) is 85.4 cm³/mol. The Morgan fingerprint density at radius 3 is 2.08 bits per heavy atom. The van der Waals surface area contributed by atoms with Crippen LogP contribution in [0.3, 0.4) is 0 Å². The Kier molecular flexibility index (Phi) is 9.24. The third-order valence-corrected chi connectivity index (χ3v) is 3.68. The van der Waals surface area contributed by atoms with E-state index in [-0.39, 0.29) is 6.61 Å². The molecule has 24 heavy (non-hydrogen) atoms. The number of esters is 3. The highest BCUT2D eigenvalue weighted by Gasteiger charge is 2.47. The second kappa shape index (κ2) is 10.6. The van der Waals surface area contributed by atoms with Gasteiger partial charge in [-0.25, -0.2) is 0 Å². The lowest BCUT2D eigenvalue weighted by molar-refractivity contribution is -0.280. The van der Waals surface area contributed by atoms with Crippen molar-refractivity contribution in [1.82, 2.24) is 0 Å². The van der Waals surface area contributed by atoms with Gasteiger partial charge in [-0.15, -0.1) is 0 Å². The molecule has 0 aliphatic carbocycles. The van der Waals surface area contributed by atoms with Gasteiger partial charge >= 0.3 is 17.9 Å². The summed E-state index contributed by atoms with van der Waals surface area (Å²) in [6.07, 6.45) is -2.10. The van der Waals surface area contributed by atoms with Crippen LogP contribution in [-0.4, -0.2) is 61.1 Å². The molecule has 0 aromatic heterocycles. The Hall–Kier alpha value is -1.19. The molecule has 0 spiro atoms. The Morgan fingerprint density at radius 2 is 1.54 bits per heavy atom. The molecule has 0 radical (unpaired) electrons. The number of carbonyl (C=O) groups excluding carboxylic acids is 3. The molecule has 138 valence electrons. The highest BCUT2D eigenvalue weighted by molar-refractivity contribution is 9.09. The van der Waals surface area contributed by atoms with E-state index in [2.05, 4.69) is 15.9 Å². The first kappa shape index (κ1) is 20.9. The molecule has 1 fully saturated rings. The summed E-state index contributed by atoms with van der Waals surface area (Å²) in [4.78, 5) is 34.0. The van der Waals surface area contributed by atoms with Crippen LogP contribution in [0.2, 0.25) is 0 Å². The first-order valence-electron chi connectivity index (χ1n) is 7.66. The van der Waals surface area contributed by atoms with E-state index in [4.69, 9.17) is 23.7 Å². The normalized spacial score (nSPS) is 26.5. The highest BCUT2D eigenvalue weighted by Crippen LogP contribution is 2.25. The smallest absolute Gasteiger partial charge is 0.303 e. The molecule has 0 amide bonds. The highest BCUT2D eigenvalue weighted by atomic mass is 79.9. The van der Waals surface area contributed by atoms with Crippen LogP contribution >= 0.6 is 15.9 Å². The SMILES string of the molecule is CC(=O)O[C@H]1[C@@H](OC(C)=O)COC(OCCCCBr)[C@@H]1OC(C)=O. The molecule has 8 nitrogen and oxygen atoms in total. The van der Waals surface area contributed by atoms with Crippen molar-refractivity contribution in [1.29, 1.82) is 0 Å². The summed E-state index contributed by atoms with van der Waals surface area (Å²) >= 11 is 3.33. The monoisotopic (exact) mass is 410 g/mol. The van der Waals surface area contributed by atoms with Gasteiger partial charge in [0.25, 0.3) is 0 Å². The molecule has 9 heteroatoms. The summed E-state index contributed by atoms with van der Waals surface area (Å²) < 4.78 is 26.7. The van der Waals surface area contributed by atoms with E-state index < -0.39 is 42.5 Å². The Balaban J connectivity index is 2.86. The molecule has 0 bridgehead atoms. The van der Waals surface area contributed by atoms with Gasteiger partial charge in [-0.3, -0.25) is 14.4 Å². The van der Waals surface area contributed by atoms with Gasteiger partial charge in [0.2, 0.25) is 0 Å². The summed E-state index contributed by atoms with van der Waals surface area (Å²) in [5.41, 5.74) is 0. The summed E-state index contributed by atoms with van der Waals surface area (Å²) in [6, 6.07) is 0. The first-order valence-corrected chi connectivity index (χ1v) is 8.78. The Morgan fingerprint density at radius 1 is 0.958 bits per heavy atom. The van der Waals surface area contributed by atoms with Crippen LogP contribution in [0.4, 0.5) is 0 Å². The van der Waals surface area contributed by atoms with Crippen LogP contribution in [0.5, 0.6) is 0 Å². The van der Waals surface area contributed by atoms with Crippen LogP contribution in [-0.2, 0) is 38.1 Å². The number of hydrogen-bond acceptors (Lipinski definition) is 8. The van der Waals surface area contributed by atoms with E-state index in [1.165, 1.54) is 20.8 Å². The van der Waals surface area contributed by atoms with E-state index in [0.29, 0.717) is 6.61 Å². The van der Waals surface area contributed by atoms with Crippen molar-refractivity contribution < 1.29 is 38.1 Å². The molecular weight excluding hydrogens is 388 g/mol. The predicted octanol–water partition coefficient (Wildman–Crippen LogP) is 1.33. The zero-order valence-corrected chi connectivity index (χ0v) is 15.6. The number of ether oxygens (including phenoxy) is 5. The average molecular weight is 411 g/mol. The fourth-order valence-electron chi connectivity index (χ4n) is 2.25. The van der Waals surface area contributed by atoms with Crippen LogP contribution < -0.4 is 0 Å². The van der Waals surface area contributed by atoms with E-state index in [1.54, 1.807) is 0 Å². The number of carbonyl (C=O) groups is 3. The summed E-state index contributed by atoms with van der Waals surface area (Å²) in [7, 11) is 0. The largest absolute Gasteiger partial charge is 0.456 e. The van der Waals surface area contributed by atoms with Crippen LogP contribution in [0, 0.1) is 0 Å². The van der Waals surface area contributed by atoms with Crippen molar-refractivity contribution >= 4 is 33.8 Å². The minimum absolute atomic E-state index is 0.0294. The third kappa shape index (κ3) is 7.14. The summed E-state index contributed by atoms with van der Waals surface area (Å²) in [5.74, 6) is -1.73. The molecule has 1 rings (SSSR count). The van der Waals surface area contributed by atoms with Crippen molar-refractivity contribution in [3.8, 4) is 0 Å². The van der Waals surface area contributed by atoms with E-state index >= 15 is 0 Å². The van der Waals surface area contributed by atoms with Crippen molar-refractivity contribution in [3.63, 3.8) is 0 Å². The zero-order valence-electron chi connectivity index (χ0n) is 14.0. The minimum atomic E-state index is -1.02. The molecule has 0 N–H and O–H groups in total. The van der Waals surface area contributed by atoms with Gasteiger partial charge in [0.15, 0.2) is 24.6 Å². The number of unbranched alkanes of at least 4 members (excludes halogenated alkanes) is 1. The maximum Gasteiger partial charge on any atom is 0.303 e. The van der Waals surface area contributed by atoms with Gasteiger partial charge in [0.05, 0.1) is 6.61 Å². The number of rotatable bonds is 8. The number of hydrogen-bond donors (Lipinski definition) is 0. The van der Waals surface area contributed by atoms with Crippen molar-refractivity contribution in [2.45, 2.75) is 58.2 Å². The van der Waals surface area contributed by atoms with E-state index in [0.717, 1.165) is 18.2 Å². The van der Waals surface area contributed by atoms with E-state index in [9.17, 15) is 14.4 Å². The van der Waals surface area contributed by atoms with Gasteiger partial charge in [-0.1, -0.05) is 15.9 Å². The Bertz CT molecular complexity index is 441. The summed E-state index contributed by atoms with van der Waals surface area (Å²) in [6.45, 7) is 4.03. The molecule has 0 saturated carbocycles. The van der Waals surface area contributed by atoms with Crippen molar-refractivity contribution in [2.24, 2.45) is 0 Å². The molecule has 1 unspecified atom stereocenters. The molecule has 4 atom stereocenters. The van der Waals surface area contributed by atoms with Gasteiger partial charge in [0, 0.05) is 32.7 Å². The lowest BCUT2D eigenvalue weighted by Gasteiger charge is -2.40. The van der Waals surface area contributed by atoms with Crippen LogP contribution in [0.15, 0.2) is 0 Å². The lowest BCUT2D eigenvalue weighted by atomic mass is 10.0. The average Bonchev–Trinajstić information content (AvgIpc) is 2.47. The second-order valence-corrected chi connectivity index (χ2v) is 6.06. The van der Waals surface area contributed by atoms with Gasteiger partial charge in [-0.2, -0.15) is 0 Å². The fourth-order valence-corrected chi connectivity index (χ4v) is 2.64. The quantitative estimate of drug-likeness (QED) is 0.256. The molecule has 1 aliphatic rings. The van der Waals surface area contributed by atoms with Gasteiger partial charge in [-0.05, 0) is 12.8 Å². The van der Waals surface area contributed by atoms with Crippen molar-refractivity contribution in [2.75, 3.05) is 18.5 Å². The molecular formula is C15H23BrO8. The third-order valence-electron chi connectivity index (χ3n) is 3.11. The second-order valence-electron chi connectivity index (χ2n) is 5.26. The van der Waals surface area contributed by atoms with E-state index in [1.807, 2.05) is 0 Å². The zero-order chi connectivity index (χ0) is 18.1. The fraction of sp³-hybridized carbons (Fsp3) is 0.800. The van der Waals surface area contributed by atoms with Crippen LogP contribution in [0.25, 0.3) is 0 Å². The minimum Gasteiger partial charge on any atom is -0.456 e. The molecule has 0 aromatic carbocycles. The summed E-state index contributed by atoms with van der Waals surface area (Å²) in [5, 5.41) is 0.847. The number of alkyl halides is 1. The first-order chi connectivity index (χ1) is 11.3. The standard InChI is InChI=1S/C15H23BrO8/c1-9(17)22-12-8-21-15(20-7-5-4-6-16)14(24-11(3)19)13(12)23-10(2)18/h12-15H,4-8H2,1-3H3/t12-,13-,14+,15?/m0/s1. The van der Waals surface area contributed by atoms with Crippen molar-refractivity contribution in [3.05, 3.63) is 0 Å². The molecule has 1 aliphatic heterocycles. The Labute approximate surface area is 149 Å². The number of halogens is 1. The van der Waals surface area contributed by atoms with Gasteiger partial charge in [0.1, 0.15) is 0 Å². The molecule has 0 aromatic rings.